The number of hydrogen-bond acceptors (Lipinski definition) is 9. The number of carbonyl (C=O) groups is 4. The van der Waals surface area contributed by atoms with Gasteiger partial charge in [0.2, 0.25) is 0 Å². The van der Waals surface area contributed by atoms with Crippen LogP contribution in [0.2, 0.25) is 0 Å². The van der Waals surface area contributed by atoms with Crippen molar-refractivity contribution in [2.45, 2.75) is 116 Å². The van der Waals surface area contributed by atoms with Gasteiger partial charge in [-0.1, -0.05) is 48.5 Å². The van der Waals surface area contributed by atoms with Gasteiger partial charge in [-0.25, -0.2) is 14.6 Å². The van der Waals surface area contributed by atoms with Gasteiger partial charge in [0.1, 0.15) is 11.2 Å². The van der Waals surface area contributed by atoms with Crippen LogP contribution in [0.1, 0.15) is 89.5 Å². The Morgan fingerprint density at radius 1 is 0.700 bits per heavy atom. The standard InChI is InChI=1S/C39H50N4O6S/c1-38(2,3)48-36(46)42-20-7-9-31(42)33(44)23-27-11-15-29(16-12-27)25-41(35-40-19-22-50-35)26-30-17-13-28(14-18-30)24-34(45)32-10-8-21-43(32)37(47)49-39(4,5)6/h11-19,22,31-32H,7-10,20-21,23-26H2,1-6H3/t31-,32-/m0/s1. The summed E-state index contributed by atoms with van der Waals surface area (Å²) in [5.41, 5.74) is 2.77. The number of carbonyl (C=O) groups excluding carboxylic acids is 4. The zero-order valence-corrected chi connectivity index (χ0v) is 31.0. The summed E-state index contributed by atoms with van der Waals surface area (Å²) in [6.07, 6.45) is 4.35. The third-order valence-electron chi connectivity index (χ3n) is 8.74. The second kappa shape index (κ2) is 15.7. The molecular weight excluding hydrogens is 653 g/mol. The van der Waals surface area contributed by atoms with E-state index < -0.39 is 35.5 Å². The van der Waals surface area contributed by atoms with E-state index in [1.54, 1.807) is 27.3 Å². The molecule has 2 aromatic carbocycles. The predicted molar refractivity (Wildman–Crippen MR) is 194 cm³/mol. The molecule has 2 saturated heterocycles. The lowest BCUT2D eigenvalue weighted by Crippen LogP contribution is -2.43. The van der Waals surface area contributed by atoms with Crippen molar-refractivity contribution in [2.75, 3.05) is 18.0 Å². The summed E-state index contributed by atoms with van der Waals surface area (Å²) in [5.74, 6) is 0.0542. The summed E-state index contributed by atoms with van der Waals surface area (Å²) in [7, 11) is 0. The van der Waals surface area contributed by atoms with Gasteiger partial charge in [-0.3, -0.25) is 19.4 Å². The molecule has 268 valence electrons. The molecule has 2 fully saturated rings. The van der Waals surface area contributed by atoms with Crippen LogP contribution in [0.15, 0.2) is 60.1 Å². The molecule has 0 saturated carbocycles. The fourth-order valence-electron chi connectivity index (χ4n) is 6.45. The first kappa shape index (κ1) is 37.0. The summed E-state index contributed by atoms with van der Waals surface area (Å²) in [5, 5.41) is 2.86. The molecule has 0 aliphatic carbocycles. The van der Waals surface area contributed by atoms with Crippen molar-refractivity contribution in [3.63, 3.8) is 0 Å². The lowest BCUT2D eigenvalue weighted by Gasteiger charge is -2.28. The van der Waals surface area contributed by atoms with Crippen LogP contribution in [0.25, 0.3) is 0 Å². The molecule has 2 aliphatic rings. The molecule has 0 spiro atoms. The summed E-state index contributed by atoms with van der Waals surface area (Å²) >= 11 is 1.57. The average Bonchev–Trinajstić information content (AvgIpc) is 3.83. The number of benzene rings is 2. The fraction of sp³-hybridized carbons (Fsp3) is 0.513. The fourth-order valence-corrected chi connectivity index (χ4v) is 7.09. The molecule has 0 radical (unpaired) electrons. The first-order chi connectivity index (χ1) is 23.6. The normalized spacial score (nSPS) is 17.9. The molecule has 2 atom stereocenters. The van der Waals surface area contributed by atoms with Crippen molar-refractivity contribution in [3.8, 4) is 0 Å². The number of nitrogens with zero attached hydrogens (tertiary/aromatic N) is 4. The van der Waals surface area contributed by atoms with Gasteiger partial charge in [0.15, 0.2) is 16.7 Å². The lowest BCUT2D eigenvalue weighted by molar-refractivity contribution is -0.123. The molecular formula is C39H50N4O6S. The largest absolute Gasteiger partial charge is 0.444 e. The highest BCUT2D eigenvalue weighted by Gasteiger charge is 2.37. The van der Waals surface area contributed by atoms with Gasteiger partial charge < -0.3 is 14.4 Å². The number of likely N-dealkylation sites (tertiary alicyclic amines) is 2. The van der Waals surface area contributed by atoms with E-state index >= 15 is 0 Å². The second-order valence-corrected chi connectivity index (χ2v) is 16.1. The van der Waals surface area contributed by atoms with Crippen LogP contribution in [0.5, 0.6) is 0 Å². The summed E-state index contributed by atoms with van der Waals surface area (Å²) in [4.78, 5) is 61.8. The number of amides is 2. The summed E-state index contributed by atoms with van der Waals surface area (Å²) < 4.78 is 11.1. The third kappa shape index (κ3) is 10.2. The van der Waals surface area contributed by atoms with Crippen molar-refractivity contribution < 1.29 is 28.7 Å². The minimum absolute atomic E-state index is 0.0271. The molecule has 0 bridgehead atoms. The van der Waals surface area contributed by atoms with Crippen molar-refractivity contribution in [3.05, 3.63) is 82.4 Å². The molecule has 2 amide bonds. The van der Waals surface area contributed by atoms with Crippen molar-refractivity contribution in [1.82, 2.24) is 14.8 Å². The number of ketones is 2. The van der Waals surface area contributed by atoms with E-state index in [0.29, 0.717) is 39.0 Å². The van der Waals surface area contributed by atoms with Crippen LogP contribution < -0.4 is 4.90 Å². The smallest absolute Gasteiger partial charge is 0.410 e. The second-order valence-electron chi connectivity index (χ2n) is 15.3. The molecule has 2 aliphatic heterocycles. The van der Waals surface area contributed by atoms with E-state index in [4.69, 9.17) is 9.47 Å². The van der Waals surface area contributed by atoms with Crippen molar-refractivity contribution in [1.29, 1.82) is 0 Å². The molecule has 50 heavy (non-hydrogen) atoms. The van der Waals surface area contributed by atoms with Crippen molar-refractivity contribution >= 4 is 40.2 Å². The lowest BCUT2D eigenvalue weighted by atomic mass is 10.0. The Kier molecular flexibility index (Phi) is 11.7. The predicted octanol–water partition coefficient (Wildman–Crippen LogP) is 7.37. The maximum Gasteiger partial charge on any atom is 0.410 e. The highest BCUT2D eigenvalue weighted by atomic mass is 32.1. The van der Waals surface area contributed by atoms with Gasteiger partial charge in [0.25, 0.3) is 0 Å². The Labute approximate surface area is 299 Å². The highest BCUT2D eigenvalue weighted by Crippen LogP contribution is 2.26. The number of rotatable bonds is 11. The minimum atomic E-state index is -0.608. The first-order valence-electron chi connectivity index (χ1n) is 17.5. The van der Waals surface area contributed by atoms with E-state index in [9.17, 15) is 19.2 Å². The number of Topliss-reactive ketones (excluding diaryl/α,β-unsaturated/α-hetero) is 2. The van der Waals surface area contributed by atoms with E-state index in [2.05, 4.69) is 9.88 Å². The number of hydrogen-bond donors (Lipinski definition) is 0. The van der Waals surface area contributed by atoms with E-state index in [-0.39, 0.29) is 24.4 Å². The zero-order chi connectivity index (χ0) is 36.1. The SMILES string of the molecule is CC(C)(C)OC(=O)N1CCC[C@H]1C(=O)Cc1ccc(CN(Cc2ccc(CC(=O)[C@@H]3CCCN3C(=O)OC(C)(C)C)cc2)c2nccs2)cc1. The highest BCUT2D eigenvalue weighted by molar-refractivity contribution is 7.13. The van der Waals surface area contributed by atoms with Gasteiger partial charge in [0.05, 0.1) is 12.1 Å². The number of thiazole rings is 1. The first-order valence-corrected chi connectivity index (χ1v) is 18.4. The number of ether oxygens (including phenoxy) is 2. The average molecular weight is 703 g/mol. The van der Waals surface area contributed by atoms with E-state index in [1.165, 1.54) is 0 Å². The molecule has 0 unspecified atom stereocenters. The van der Waals surface area contributed by atoms with Crippen molar-refractivity contribution in [2.24, 2.45) is 0 Å². The molecule has 3 aromatic rings. The maximum atomic E-state index is 13.2. The zero-order valence-electron chi connectivity index (χ0n) is 30.1. The van der Waals surface area contributed by atoms with Crippen LogP contribution in [0.3, 0.4) is 0 Å². The Morgan fingerprint density at radius 2 is 1.10 bits per heavy atom. The van der Waals surface area contributed by atoms with Gasteiger partial charge >= 0.3 is 12.2 Å². The van der Waals surface area contributed by atoms with Gasteiger partial charge in [-0.2, -0.15) is 0 Å². The Morgan fingerprint density at radius 3 is 1.46 bits per heavy atom. The minimum Gasteiger partial charge on any atom is -0.444 e. The van der Waals surface area contributed by atoms with Crippen LogP contribution >= 0.6 is 11.3 Å². The van der Waals surface area contributed by atoms with Crippen LogP contribution in [0, 0.1) is 0 Å². The molecule has 5 rings (SSSR count). The van der Waals surface area contributed by atoms with Crippen LogP contribution in [0.4, 0.5) is 14.7 Å². The van der Waals surface area contributed by atoms with Crippen LogP contribution in [-0.2, 0) is 45.0 Å². The molecule has 11 heteroatoms. The summed E-state index contributed by atoms with van der Waals surface area (Å²) in [6, 6.07) is 15.2. The molecule has 10 nitrogen and oxygen atoms in total. The molecule has 0 N–H and O–H groups in total. The summed E-state index contributed by atoms with van der Waals surface area (Å²) in [6.45, 7) is 13.3. The van der Waals surface area contributed by atoms with E-state index in [1.807, 2.05) is 95.5 Å². The maximum absolute atomic E-state index is 13.2. The Bertz CT molecular complexity index is 1520. The van der Waals surface area contributed by atoms with E-state index in [0.717, 1.165) is 40.2 Å². The Balaban J connectivity index is 1.18. The molecule has 1 aromatic heterocycles. The van der Waals surface area contributed by atoms with Gasteiger partial charge in [0, 0.05) is 50.6 Å². The number of anilines is 1. The van der Waals surface area contributed by atoms with Crippen LogP contribution in [-0.4, -0.2) is 74.9 Å². The monoisotopic (exact) mass is 702 g/mol. The number of aromatic nitrogens is 1. The third-order valence-corrected chi connectivity index (χ3v) is 9.58. The van der Waals surface area contributed by atoms with Gasteiger partial charge in [-0.15, -0.1) is 11.3 Å². The molecule has 3 heterocycles. The van der Waals surface area contributed by atoms with Gasteiger partial charge in [-0.05, 0) is 89.5 Å². The quantitative estimate of drug-likeness (QED) is 0.204. The topological polar surface area (TPSA) is 109 Å². The Hall–Kier alpha value is -4.25.